The first-order valence-electron chi connectivity index (χ1n) is 5.71. The maximum atomic E-state index is 12.2. The summed E-state index contributed by atoms with van der Waals surface area (Å²) in [5.41, 5.74) is 0. The minimum absolute atomic E-state index is 0.0104. The van der Waals surface area contributed by atoms with Crippen LogP contribution in [0.3, 0.4) is 0 Å². The van der Waals surface area contributed by atoms with E-state index >= 15 is 0 Å². The molecule has 1 aromatic carbocycles. The molecule has 0 amide bonds. The lowest BCUT2D eigenvalue weighted by Gasteiger charge is -2.08. The summed E-state index contributed by atoms with van der Waals surface area (Å²) < 4.78 is 31.7. The Balaban J connectivity index is 2.28. The van der Waals surface area contributed by atoms with Crippen LogP contribution in [0.4, 0.5) is 5.82 Å². The van der Waals surface area contributed by atoms with Crippen LogP contribution < -0.4 is 4.72 Å². The Kier molecular flexibility index (Phi) is 5.00. The Bertz CT molecular complexity index is 753. The molecular formula is C12H11Cl2N3O3S. The van der Waals surface area contributed by atoms with Gasteiger partial charge in [0.25, 0.3) is 10.0 Å². The van der Waals surface area contributed by atoms with Gasteiger partial charge in [-0.15, -0.1) is 0 Å². The van der Waals surface area contributed by atoms with Gasteiger partial charge < -0.3 is 4.74 Å². The first-order chi connectivity index (χ1) is 9.92. The zero-order chi connectivity index (χ0) is 15.5. The van der Waals surface area contributed by atoms with Crippen LogP contribution in [-0.4, -0.2) is 25.5 Å². The lowest BCUT2D eigenvalue weighted by molar-refractivity contribution is 0.178. The summed E-state index contributed by atoms with van der Waals surface area (Å²) in [6.45, 7) is 0.183. The van der Waals surface area contributed by atoms with Crippen molar-refractivity contribution in [3.63, 3.8) is 0 Å². The predicted molar refractivity (Wildman–Crippen MR) is 80.0 cm³/mol. The van der Waals surface area contributed by atoms with Gasteiger partial charge in [0, 0.05) is 13.3 Å². The van der Waals surface area contributed by atoms with E-state index in [1.807, 2.05) is 0 Å². The van der Waals surface area contributed by atoms with E-state index in [2.05, 4.69) is 14.7 Å². The minimum Gasteiger partial charge on any atom is -0.377 e. The number of sulfonamides is 1. The summed E-state index contributed by atoms with van der Waals surface area (Å²) in [6.07, 6.45) is 1.44. The molecule has 0 aliphatic heterocycles. The second-order valence-corrected chi connectivity index (χ2v) is 6.47. The standard InChI is InChI=1S/C12H11Cl2N3O3S/c1-20-7-12-15-5-4-11(16-12)17-21(18,19)8-2-3-9(13)10(14)6-8/h2-6H,7H2,1H3,(H,15,16,17). The van der Waals surface area contributed by atoms with Crippen LogP contribution in [0.25, 0.3) is 0 Å². The zero-order valence-corrected chi connectivity index (χ0v) is 13.2. The molecule has 2 aromatic rings. The number of hydrogen-bond acceptors (Lipinski definition) is 5. The highest BCUT2D eigenvalue weighted by Gasteiger charge is 2.16. The van der Waals surface area contributed by atoms with Crippen molar-refractivity contribution in [3.05, 3.63) is 46.3 Å². The normalized spacial score (nSPS) is 11.4. The lowest BCUT2D eigenvalue weighted by atomic mass is 10.4. The molecule has 0 saturated heterocycles. The third kappa shape index (κ3) is 4.04. The minimum atomic E-state index is -3.81. The van der Waals surface area contributed by atoms with Crippen molar-refractivity contribution >= 4 is 39.0 Å². The van der Waals surface area contributed by atoms with Crippen LogP contribution in [0.2, 0.25) is 10.0 Å². The zero-order valence-electron chi connectivity index (χ0n) is 10.9. The highest BCUT2D eigenvalue weighted by molar-refractivity contribution is 7.92. The summed E-state index contributed by atoms with van der Waals surface area (Å²) in [5, 5.41) is 0.433. The molecule has 0 unspecified atom stereocenters. The van der Waals surface area contributed by atoms with E-state index in [1.165, 1.54) is 37.6 Å². The fourth-order valence-electron chi connectivity index (χ4n) is 1.50. The van der Waals surface area contributed by atoms with Crippen molar-refractivity contribution in [2.75, 3.05) is 11.8 Å². The van der Waals surface area contributed by atoms with Gasteiger partial charge >= 0.3 is 0 Å². The molecule has 0 atom stereocenters. The van der Waals surface area contributed by atoms with Gasteiger partial charge in [0.2, 0.25) is 0 Å². The molecule has 21 heavy (non-hydrogen) atoms. The molecule has 0 fully saturated rings. The number of methoxy groups -OCH3 is 1. The summed E-state index contributed by atoms with van der Waals surface area (Å²) in [6, 6.07) is 5.47. The molecule has 0 saturated carbocycles. The third-order valence-electron chi connectivity index (χ3n) is 2.42. The van der Waals surface area contributed by atoms with Crippen molar-refractivity contribution in [2.24, 2.45) is 0 Å². The number of nitrogens with one attached hydrogen (secondary N) is 1. The highest BCUT2D eigenvalue weighted by Crippen LogP contribution is 2.25. The lowest BCUT2D eigenvalue weighted by Crippen LogP contribution is -2.14. The molecule has 0 aliphatic carbocycles. The number of ether oxygens (including phenoxy) is 1. The molecule has 112 valence electrons. The quantitative estimate of drug-likeness (QED) is 0.899. The van der Waals surface area contributed by atoms with E-state index in [1.54, 1.807) is 0 Å². The van der Waals surface area contributed by atoms with Crippen molar-refractivity contribution < 1.29 is 13.2 Å². The Morgan fingerprint density at radius 2 is 2.00 bits per heavy atom. The molecule has 9 heteroatoms. The van der Waals surface area contributed by atoms with Gasteiger partial charge in [0.15, 0.2) is 5.82 Å². The van der Waals surface area contributed by atoms with E-state index in [-0.39, 0.29) is 27.4 Å². The topological polar surface area (TPSA) is 81.2 Å². The van der Waals surface area contributed by atoms with E-state index in [9.17, 15) is 8.42 Å². The molecule has 0 radical (unpaired) electrons. The van der Waals surface area contributed by atoms with Crippen LogP contribution in [0, 0.1) is 0 Å². The van der Waals surface area contributed by atoms with Crippen molar-refractivity contribution in [1.29, 1.82) is 0 Å². The Morgan fingerprint density at radius 1 is 1.24 bits per heavy atom. The number of anilines is 1. The number of benzene rings is 1. The molecule has 0 bridgehead atoms. The number of aromatic nitrogens is 2. The number of halogens is 2. The number of nitrogens with zero attached hydrogens (tertiary/aromatic N) is 2. The van der Waals surface area contributed by atoms with E-state index < -0.39 is 10.0 Å². The third-order valence-corrected chi connectivity index (χ3v) is 4.51. The van der Waals surface area contributed by atoms with Crippen molar-refractivity contribution in [1.82, 2.24) is 9.97 Å². The second-order valence-electron chi connectivity index (χ2n) is 3.97. The molecule has 2 rings (SSSR count). The smallest absolute Gasteiger partial charge is 0.263 e. The fourth-order valence-corrected chi connectivity index (χ4v) is 2.89. The van der Waals surface area contributed by atoms with Crippen LogP contribution in [0.5, 0.6) is 0 Å². The Morgan fingerprint density at radius 3 is 2.67 bits per heavy atom. The first kappa shape index (κ1) is 16.0. The number of rotatable bonds is 5. The molecule has 0 spiro atoms. The van der Waals surface area contributed by atoms with Crippen LogP contribution in [-0.2, 0) is 21.4 Å². The van der Waals surface area contributed by atoms with E-state index in [0.717, 1.165) is 0 Å². The predicted octanol–water partition coefficient (Wildman–Crippen LogP) is 2.73. The SMILES string of the molecule is COCc1nccc(NS(=O)(=O)c2ccc(Cl)c(Cl)c2)n1. The van der Waals surface area contributed by atoms with Crippen LogP contribution in [0.15, 0.2) is 35.4 Å². The largest absolute Gasteiger partial charge is 0.377 e. The highest BCUT2D eigenvalue weighted by atomic mass is 35.5. The second kappa shape index (κ2) is 6.57. The average Bonchev–Trinajstić information content (AvgIpc) is 2.42. The van der Waals surface area contributed by atoms with Crippen LogP contribution >= 0.6 is 23.2 Å². The van der Waals surface area contributed by atoms with Gasteiger partial charge in [-0.25, -0.2) is 18.4 Å². The van der Waals surface area contributed by atoms with Gasteiger partial charge in [0.05, 0.1) is 14.9 Å². The number of hydrogen-bond donors (Lipinski definition) is 1. The van der Waals surface area contributed by atoms with Gasteiger partial charge in [-0.1, -0.05) is 23.2 Å². The summed E-state index contributed by atoms with van der Waals surface area (Å²) >= 11 is 11.6. The van der Waals surface area contributed by atoms with Crippen LogP contribution in [0.1, 0.15) is 5.82 Å². The van der Waals surface area contributed by atoms with Gasteiger partial charge in [0.1, 0.15) is 12.4 Å². The molecule has 0 aliphatic rings. The molecule has 6 nitrogen and oxygen atoms in total. The van der Waals surface area contributed by atoms with E-state index in [0.29, 0.717) is 5.82 Å². The van der Waals surface area contributed by atoms with E-state index in [4.69, 9.17) is 27.9 Å². The fraction of sp³-hybridized carbons (Fsp3) is 0.167. The molecular weight excluding hydrogens is 337 g/mol. The molecule has 1 aromatic heterocycles. The maximum absolute atomic E-state index is 12.2. The van der Waals surface area contributed by atoms with Gasteiger partial charge in [-0.3, -0.25) is 4.72 Å². The Hall–Kier alpha value is -1.41. The first-order valence-corrected chi connectivity index (χ1v) is 7.95. The van der Waals surface area contributed by atoms with Gasteiger partial charge in [-0.05, 0) is 24.3 Å². The molecule has 1 heterocycles. The van der Waals surface area contributed by atoms with Crippen molar-refractivity contribution in [2.45, 2.75) is 11.5 Å². The van der Waals surface area contributed by atoms with Crippen molar-refractivity contribution in [3.8, 4) is 0 Å². The van der Waals surface area contributed by atoms with Gasteiger partial charge in [-0.2, -0.15) is 0 Å². The maximum Gasteiger partial charge on any atom is 0.263 e. The monoisotopic (exact) mass is 347 g/mol. The average molecular weight is 348 g/mol. The molecule has 1 N–H and O–H groups in total. The Labute approximate surface area is 132 Å². The summed E-state index contributed by atoms with van der Waals surface area (Å²) in [4.78, 5) is 7.97. The summed E-state index contributed by atoms with van der Waals surface area (Å²) in [7, 11) is -2.31. The summed E-state index contributed by atoms with van der Waals surface area (Å²) in [5.74, 6) is 0.509.